The first kappa shape index (κ1) is 17.5. The second-order valence-electron chi connectivity index (χ2n) is 4.23. The van der Waals surface area contributed by atoms with Crippen LogP contribution in [0.4, 0.5) is 18.9 Å². The molecule has 8 heteroatoms. The number of esters is 2. The van der Waals surface area contributed by atoms with Crippen LogP contribution in [0.1, 0.15) is 11.1 Å². The van der Waals surface area contributed by atoms with Crippen LogP contribution in [-0.4, -0.2) is 26.2 Å². The Bertz CT molecular complexity index is 609. The number of methoxy groups -OCH3 is 2. The molecule has 0 aliphatic carbocycles. The lowest BCUT2D eigenvalue weighted by Crippen LogP contribution is -2.16. The predicted molar refractivity (Wildman–Crippen MR) is 71.9 cm³/mol. The van der Waals surface area contributed by atoms with E-state index in [1.165, 1.54) is 19.1 Å². The van der Waals surface area contributed by atoms with Crippen molar-refractivity contribution >= 4 is 17.6 Å². The molecule has 0 saturated heterocycles. The van der Waals surface area contributed by atoms with Gasteiger partial charge in [-0.15, -0.1) is 0 Å². The van der Waals surface area contributed by atoms with Gasteiger partial charge in [-0.25, -0.2) is 9.59 Å². The van der Waals surface area contributed by atoms with Gasteiger partial charge in [0.15, 0.2) is 0 Å². The molecular formula is C14H14F3NO4. The van der Waals surface area contributed by atoms with Gasteiger partial charge in [-0.3, -0.25) is 0 Å². The van der Waals surface area contributed by atoms with Crippen LogP contribution in [0, 0.1) is 6.92 Å². The van der Waals surface area contributed by atoms with E-state index in [-0.39, 0.29) is 16.9 Å². The minimum atomic E-state index is -4.53. The molecule has 0 aliphatic heterocycles. The maximum atomic E-state index is 12.8. The van der Waals surface area contributed by atoms with Crippen molar-refractivity contribution in [2.45, 2.75) is 13.1 Å². The summed E-state index contributed by atoms with van der Waals surface area (Å²) in [7, 11) is 2.17. The summed E-state index contributed by atoms with van der Waals surface area (Å²) < 4.78 is 47.4. The zero-order chi connectivity index (χ0) is 16.9. The van der Waals surface area contributed by atoms with Crippen LogP contribution in [0.3, 0.4) is 0 Å². The summed E-state index contributed by atoms with van der Waals surface area (Å²) in [5.74, 6) is -1.77. The Morgan fingerprint density at radius 2 is 1.82 bits per heavy atom. The molecule has 1 N–H and O–H groups in total. The number of rotatable bonds is 4. The van der Waals surface area contributed by atoms with Crippen LogP contribution in [-0.2, 0) is 25.2 Å². The van der Waals surface area contributed by atoms with Crippen molar-refractivity contribution in [1.29, 1.82) is 0 Å². The maximum Gasteiger partial charge on any atom is 0.416 e. The Kier molecular flexibility index (Phi) is 5.56. The molecule has 0 fully saturated rings. The molecule has 120 valence electrons. The van der Waals surface area contributed by atoms with Gasteiger partial charge in [0, 0.05) is 5.69 Å². The van der Waals surface area contributed by atoms with Crippen molar-refractivity contribution in [3.63, 3.8) is 0 Å². The minimum absolute atomic E-state index is 0.0153. The highest BCUT2D eigenvalue weighted by atomic mass is 19.4. The van der Waals surface area contributed by atoms with Gasteiger partial charge < -0.3 is 14.8 Å². The van der Waals surface area contributed by atoms with Crippen molar-refractivity contribution in [2.75, 3.05) is 19.5 Å². The van der Waals surface area contributed by atoms with Crippen LogP contribution in [0.5, 0.6) is 0 Å². The number of carbonyl (C=O) groups is 2. The first-order valence-electron chi connectivity index (χ1n) is 6.02. The molecule has 0 spiro atoms. The number of hydrogen-bond donors (Lipinski definition) is 1. The number of carbonyl (C=O) groups excluding carboxylic acids is 2. The van der Waals surface area contributed by atoms with E-state index >= 15 is 0 Å². The second kappa shape index (κ2) is 6.97. The fourth-order valence-electron chi connectivity index (χ4n) is 1.59. The number of nitrogens with one attached hydrogen (secondary N) is 1. The molecule has 0 bridgehead atoms. The Balaban J connectivity index is 3.17. The quantitative estimate of drug-likeness (QED) is 0.683. The summed E-state index contributed by atoms with van der Waals surface area (Å²) in [5.41, 5.74) is -1.17. The fourth-order valence-corrected chi connectivity index (χ4v) is 1.59. The Labute approximate surface area is 124 Å². The number of benzene rings is 1. The van der Waals surface area contributed by atoms with Crippen LogP contribution in [0.25, 0.3) is 0 Å². The number of halogens is 3. The van der Waals surface area contributed by atoms with Gasteiger partial charge in [0.1, 0.15) is 5.70 Å². The average Bonchev–Trinajstić information content (AvgIpc) is 2.46. The van der Waals surface area contributed by atoms with Crippen molar-refractivity contribution in [2.24, 2.45) is 0 Å². The topological polar surface area (TPSA) is 64.6 Å². The van der Waals surface area contributed by atoms with Crippen molar-refractivity contribution in [1.82, 2.24) is 0 Å². The Morgan fingerprint density at radius 1 is 1.18 bits per heavy atom. The Morgan fingerprint density at radius 3 is 2.32 bits per heavy atom. The summed E-state index contributed by atoms with van der Waals surface area (Å²) in [6.45, 7) is 1.32. The summed E-state index contributed by atoms with van der Waals surface area (Å²) >= 11 is 0. The molecule has 0 saturated carbocycles. The smallest absolute Gasteiger partial charge is 0.416 e. The number of hydrogen-bond acceptors (Lipinski definition) is 5. The number of alkyl halides is 3. The first-order chi connectivity index (χ1) is 10.2. The third-order valence-corrected chi connectivity index (χ3v) is 2.69. The maximum absolute atomic E-state index is 12.8. The average molecular weight is 317 g/mol. The summed E-state index contributed by atoms with van der Waals surface area (Å²) in [4.78, 5) is 22.7. The third-order valence-electron chi connectivity index (χ3n) is 2.69. The van der Waals surface area contributed by atoms with E-state index in [4.69, 9.17) is 0 Å². The minimum Gasteiger partial charge on any atom is -0.466 e. The van der Waals surface area contributed by atoms with E-state index in [1.807, 2.05) is 0 Å². The predicted octanol–water partition coefficient (Wildman–Crippen LogP) is 2.66. The second-order valence-corrected chi connectivity index (χ2v) is 4.23. The van der Waals surface area contributed by atoms with Crippen molar-refractivity contribution in [3.05, 3.63) is 41.1 Å². The molecule has 22 heavy (non-hydrogen) atoms. The SMILES string of the molecule is COC(=O)/C=C(/Nc1ccc(C)c(C(F)(F)F)c1)C(=O)OC. The first-order valence-corrected chi connectivity index (χ1v) is 6.02. The van der Waals surface area contributed by atoms with Gasteiger partial charge in [0.2, 0.25) is 0 Å². The lowest BCUT2D eigenvalue weighted by molar-refractivity contribution is -0.138. The van der Waals surface area contributed by atoms with E-state index in [0.717, 1.165) is 26.4 Å². The summed E-state index contributed by atoms with van der Waals surface area (Å²) in [5, 5.41) is 2.42. The molecule has 1 rings (SSSR count). The van der Waals surface area contributed by atoms with Crippen LogP contribution < -0.4 is 5.32 Å². The van der Waals surface area contributed by atoms with E-state index < -0.39 is 23.7 Å². The van der Waals surface area contributed by atoms with E-state index in [2.05, 4.69) is 14.8 Å². The highest BCUT2D eigenvalue weighted by Crippen LogP contribution is 2.33. The van der Waals surface area contributed by atoms with Crippen molar-refractivity contribution < 1.29 is 32.2 Å². The number of ether oxygens (including phenoxy) is 2. The molecule has 0 atom stereocenters. The molecule has 5 nitrogen and oxygen atoms in total. The van der Waals surface area contributed by atoms with Gasteiger partial charge in [0.05, 0.1) is 25.9 Å². The fraction of sp³-hybridized carbons (Fsp3) is 0.286. The summed E-state index contributed by atoms with van der Waals surface area (Å²) in [6.07, 6.45) is -3.74. The highest BCUT2D eigenvalue weighted by molar-refractivity contribution is 5.98. The number of anilines is 1. The number of aryl methyl sites for hydroxylation is 1. The molecule has 0 unspecified atom stereocenters. The van der Waals surface area contributed by atoms with Gasteiger partial charge in [-0.1, -0.05) is 6.07 Å². The Hall–Kier alpha value is -2.51. The molecule has 1 aromatic rings. The molecule has 0 aromatic heterocycles. The largest absolute Gasteiger partial charge is 0.466 e. The normalized spacial score (nSPS) is 11.8. The molecular weight excluding hydrogens is 303 g/mol. The highest BCUT2D eigenvalue weighted by Gasteiger charge is 2.32. The van der Waals surface area contributed by atoms with Crippen LogP contribution >= 0.6 is 0 Å². The monoisotopic (exact) mass is 317 g/mol. The zero-order valence-electron chi connectivity index (χ0n) is 12.1. The molecule has 0 heterocycles. The lowest BCUT2D eigenvalue weighted by atomic mass is 10.1. The van der Waals surface area contributed by atoms with Crippen molar-refractivity contribution in [3.8, 4) is 0 Å². The van der Waals surface area contributed by atoms with E-state index in [9.17, 15) is 22.8 Å². The lowest BCUT2D eigenvalue weighted by Gasteiger charge is -2.14. The van der Waals surface area contributed by atoms with E-state index in [1.54, 1.807) is 0 Å². The molecule has 0 amide bonds. The van der Waals surface area contributed by atoms with E-state index in [0.29, 0.717) is 0 Å². The van der Waals surface area contributed by atoms with Gasteiger partial charge in [0.25, 0.3) is 0 Å². The van der Waals surface area contributed by atoms with Gasteiger partial charge in [-0.05, 0) is 24.6 Å². The molecule has 1 aromatic carbocycles. The molecule has 0 radical (unpaired) electrons. The van der Waals surface area contributed by atoms with Crippen LogP contribution in [0.2, 0.25) is 0 Å². The van der Waals surface area contributed by atoms with Gasteiger partial charge >= 0.3 is 18.1 Å². The van der Waals surface area contributed by atoms with Gasteiger partial charge in [-0.2, -0.15) is 13.2 Å². The third kappa shape index (κ3) is 4.51. The zero-order valence-corrected chi connectivity index (χ0v) is 12.1. The van der Waals surface area contributed by atoms with Crippen LogP contribution in [0.15, 0.2) is 30.0 Å². The standard InChI is InChI=1S/C14H14F3NO4/c1-8-4-5-9(6-10(8)14(15,16)17)18-11(13(20)22-3)7-12(19)21-2/h4-7,18H,1-3H3/b11-7+. The summed E-state index contributed by atoms with van der Waals surface area (Å²) in [6, 6.07) is 3.43. The molecule has 0 aliphatic rings.